The molecule has 0 bridgehead atoms. The van der Waals surface area contributed by atoms with Crippen LogP contribution in [0.1, 0.15) is 39.5 Å². The van der Waals surface area contributed by atoms with Crippen LogP contribution in [-0.4, -0.2) is 37.5 Å². The quantitative estimate of drug-likeness (QED) is 0.679. The van der Waals surface area contributed by atoms with Gasteiger partial charge in [-0.05, 0) is 32.2 Å². The van der Waals surface area contributed by atoms with Gasteiger partial charge in [0.2, 0.25) is 11.8 Å². The lowest BCUT2D eigenvalue weighted by Crippen LogP contribution is -2.50. The smallest absolute Gasteiger partial charge is 0.220 e. The predicted molar refractivity (Wildman–Crippen MR) is 78.4 cm³/mol. The third kappa shape index (κ3) is 7.38. The van der Waals surface area contributed by atoms with E-state index >= 15 is 0 Å². The molecule has 0 spiro atoms. The number of halogens is 1. The van der Waals surface area contributed by atoms with Gasteiger partial charge in [0.25, 0.3) is 0 Å². The number of rotatable bonds is 6. The molecule has 2 atom stereocenters. The largest absolute Gasteiger partial charge is 0.356 e. The van der Waals surface area contributed by atoms with E-state index in [4.69, 9.17) is 0 Å². The summed E-state index contributed by atoms with van der Waals surface area (Å²) in [6, 6.07) is 0.232. The Morgan fingerprint density at radius 3 is 2.58 bits per heavy atom. The van der Waals surface area contributed by atoms with Gasteiger partial charge >= 0.3 is 0 Å². The average Bonchev–Trinajstić information content (AvgIpc) is 2.32. The minimum atomic E-state index is 0. The van der Waals surface area contributed by atoms with Crippen molar-refractivity contribution in [3.8, 4) is 0 Å². The molecule has 5 nitrogen and oxygen atoms in total. The summed E-state index contributed by atoms with van der Waals surface area (Å²) in [5.74, 6) is 0.608. The van der Waals surface area contributed by atoms with E-state index in [1.54, 1.807) is 0 Å². The van der Waals surface area contributed by atoms with E-state index < -0.39 is 0 Å². The molecule has 0 aliphatic carbocycles. The van der Waals surface area contributed by atoms with Gasteiger partial charge in [0.1, 0.15) is 0 Å². The Hall–Kier alpha value is -0.810. The lowest BCUT2D eigenvalue weighted by Gasteiger charge is -2.30. The molecule has 0 aromatic carbocycles. The van der Waals surface area contributed by atoms with Gasteiger partial charge in [0.15, 0.2) is 0 Å². The summed E-state index contributed by atoms with van der Waals surface area (Å²) < 4.78 is 0. The van der Waals surface area contributed by atoms with Crippen molar-refractivity contribution in [3.63, 3.8) is 0 Å². The number of carbonyl (C=O) groups excluding carboxylic acids is 2. The lowest BCUT2D eigenvalue weighted by molar-refractivity contribution is -0.123. The summed E-state index contributed by atoms with van der Waals surface area (Å²) in [5.41, 5.74) is 0. The van der Waals surface area contributed by atoms with Crippen LogP contribution in [0.2, 0.25) is 0 Å². The molecular formula is C13H26ClN3O2. The van der Waals surface area contributed by atoms with Crippen LogP contribution in [0.4, 0.5) is 0 Å². The van der Waals surface area contributed by atoms with Crippen LogP contribution in [0.25, 0.3) is 0 Å². The topological polar surface area (TPSA) is 70.2 Å². The van der Waals surface area contributed by atoms with E-state index in [0.717, 1.165) is 19.5 Å². The molecule has 2 unspecified atom stereocenters. The van der Waals surface area contributed by atoms with Gasteiger partial charge in [-0.2, -0.15) is 0 Å². The zero-order chi connectivity index (χ0) is 13.4. The number of nitrogens with one attached hydrogen (secondary N) is 3. The SMILES string of the molecule is CCNC(=O)CCCC(=O)NC1CNCCC1C.Cl. The maximum Gasteiger partial charge on any atom is 0.220 e. The van der Waals surface area contributed by atoms with E-state index in [0.29, 0.717) is 31.7 Å². The highest BCUT2D eigenvalue weighted by Gasteiger charge is 2.22. The van der Waals surface area contributed by atoms with E-state index in [1.165, 1.54) is 0 Å². The van der Waals surface area contributed by atoms with Crippen LogP contribution in [0.15, 0.2) is 0 Å². The van der Waals surface area contributed by atoms with E-state index in [1.807, 2.05) is 6.92 Å². The molecule has 1 heterocycles. The average molecular weight is 292 g/mol. The monoisotopic (exact) mass is 291 g/mol. The fourth-order valence-corrected chi connectivity index (χ4v) is 2.16. The van der Waals surface area contributed by atoms with Crippen molar-refractivity contribution in [1.29, 1.82) is 0 Å². The highest BCUT2D eigenvalue weighted by atomic mass is 35.5. The second-order valence-electron chi connectivity index (χ2n) is 4.95. The normalized spacial score (nSPS) is 22.2. The van der Waals surface area contributed by atoms with Crippen LogP contribution in [0.3, 0.4) is 0 Å². The molecule has 1 fully saturated rings. The van der Waals surface area contributed by atoms with Gasteiger partial charge in [0, 0.05) is 32.0 Å². The molecular weight excluding hydrogens is 266 g/mol. The van der Waals surface area contributed by atoms with Gasteiger partial charge in [0.05, 0.1) is 0 Å². The molecule has 1 aliphatic rings. The summed E-state index contributed by atoms with van der Waals surface area (Å²) >= 11 is 0. The second-order valence-corrected chi connectivity index (χ2v) is 4.95. The van der Waals surface area contributed by atoms with E-state index in [-0.39, 0.29) is 30.3 Å². The highest BCUT2D eigenvalue weighted by Crippen LogP contribution is 2.11. The molecule has 0 aromatic rings. The molecule has 2 amide bonds. The van der Waals surface area contributed by atoms with Gasteiger partial charge in [-0.1, -0.05) is 6.92 Å². The van der Waals surface area contributed by atoms with Crippen molar-refractivity contribution in [1.82, 2.24) is 16.0 Å². The first-order valence-corrected chi connectivity index (χ1v) is 6.90. The summed E-state index contributed by atoms with van der Waals surface area (Å²) in [6.45, 7) is 6.59. The van der Waals surface area contributed by atoms with Crippen LogP contribution in [-0.2, 0) is 9.59 Å². The summed E-state index contributed by atoms with van der Waals surface area (Å²) in [6.07, 6.45) is 2.58. The standard InChI is InChI=1S/C13H25N3O2.ClH/c1-3-15-12(17)5-4-6-13(18)16-11-9-14-8-7-10(11)2;/h10-11,14H,3-9H2,1-2H3,(H,15,17)(H,16,18);1H. The van der Waals surface area contributed by atoms with Crippen LogP contribution < -0.4 is 16.0 Å². The molecule has 0 radical (unpaired) electrons. The van der Waals surface area contributed by atoms with E-state index in [9.17, 15) is 9.59 Å². The molecule has 0 saturated carbocycles. The Kier molecular flexibility index (Phi) is 9.61. The van der Waals surface area contributed by atoms with Gasteiger partial charge in [-0.25, -0.2) is 0 Å². The Bertz CT molecular complexity index is 287. The molecule has 1 saturated heterocycles. The Balaban J connectivity index is 0.00000324. The summed E-state index contributed by atoms with van der Waals surface area (Å²) in [4.78, 5) is 22.9. The number of hydrogen-bond donors (Lipinski definition) is 3. The third-order valence-corrected chi connectivity index (χ3v) is 3.36. The molecule has 6 heteroatoms. The van der Waals surface area contributed by atoms with Gasteiger partial charge < -0.3 is 16.0 Å². The third-order valence-electron chi connectivity index (χ3n) is 3.36. The fraction of sp³-hybridized carbons (Fsp3) is 0.846. The van der Waals surface area contributed by atoms with Crippen molar-refractivity contribution in [2.24, 2.45) is 5.92 Å². The van der Waals surface area contributed by atoms with Crippen molar-refractivity contribution in [2.45, 2.75) is 45.6 Å². The maximum atomic E-state index is 11.7. The van der Waals surface area contributed by atoms with E-state index in [2.05, 4.69) is 22.9 Å². The van der Waals surface area contributed by atoms with Crippen LogP contribution >= 0.6 is 12.4 Å². The Morgan fingerprint density at radius 2 is 1.95 bits per heavy atom. The molecule has 112 valence electrons. The first-order chi connectivity index (χ1) is 8.63. The number of hydrogen-bond acceptors (Lipinski definition) is 3. The first-order valence-electron chi connectivity index (χ1n) is 6.90. The zero-order valence-electron chi connectivity index (χ0n) is 11.8. The Morgan fingerprint density at radius 1 is 1.26 bits per heavy atom. The van der Waals surface area contributed by atoms with Crippen molar-refractivity contribution in [3.05, 3.63) is 0 Å². The van der Waals surface area contributed by atoms with Crippen molar-refractivity contribution in [2.75, 3.05) is 19.6 Å². The summed E-state index contributed by atoms with van der Waals surface area (Å²) in [5, 5.41) is 9.05. The highest BCUT2D eigenvalue weighted by molar-refractivity contribution is 5.85. The number of amides is 2. The van der Waals surface area contributed by atoms with Crippen molar-refractivity contribution < 1.29 is 9.59 Å². The Labute approximate surface area is 121 Å². The molecule has 1 aliphatic heterocycles. The van der Waals surface area contributed by atoms with Crippen LogP contribution in [0.5, 0.6) is 0 Å². The molecule has 3 N–H and O–H groups in total. The minimum Gasteiger partial charge on any atom is -0.356 e. The molecule has 19 heavy (non-hydrogen) atoms. The predicted octanol–water partition coefficient (Wildman–Crippen LogP) is 0.829. The lowest BCUT2D eigenvalue weighted by atomic mass is 9.94. The minimum absolute atomic E-state index is 0. The zero-order valence-corrected chi connectivity index (χ0v) is 12.6. The van der Waals surface area contributed by atoms with Crippen LogP contribution in [0, 0.1) is 5.92 Å². The first kappa shape index (κ1) is 18.2. The molecule has 0 aromatic heterocycles. The van der Waals surface area contributed by atoms with Gasteiger partial charge in [-0.15, -0.1) is 12.4 Å². The number of carbonyl (C=O) groups is 2. The van der Waals surface area contributed by atoms with Gasteiger partial charge in [-0.3, -0.25) is 9.59 Å². The maximum absolute atomic E-state index is 11.7. The second kappa shape index (κ2) is 10.0. The molecule has 1 rings (SSSR count). The summed E-state index contributed by atoms with van der Waals surface area (Å²) in [7, 11) is 0. The van der Waals surface area contributed by atoms with Crippen molar-refractivity contribution >= 4 is 24.2 Å². The number of piperidine rings is 1. The fourth-order valence-electron chi connectivity index (χ4n) is 2.16.